The van der Waals surface area contributed by atoms with Crippen LogP contribution in [0.25, 0.3) is 22.6 Å². The smallest absolute Gasteiger partial charge is 0.287 e. The third kappa shape index (κ3) is 4.26. The Morgan fingerprint density at radius 1 is 1.03 bits per heavy atom. The summed E-state index contributed by atoms with van der Waals surface area (Å²) in [5, 5.41) is 12.4. The fourth-order valence-electron chi connectivity index (χ4n) is 4.22. The molecule has 1 fully saturated rings. The van der Waals surface area contributed by atoms with Gasteiger partial charge in [0.1, 0.15) is 11.3 Å². The van der Waals surface area contributed by atoms with Crippen LogP contribution in [-0.2, 0) is 0 Å². The van der Waals surface area contributed by atoms with Crippen LogP contribution in [0.2, 0.25) is 0 Å². The first kappa shape index (κ1) is 20.4. The van der Waals surface area contributed by atoms with Crippen molar-refractivity contribution in [2.45, 2.75) is 45.4 Å². The Morgan fingerprint density at radius 3 is 2.66 bits per heavy atom. The first-order valence-corrected chi connectivity index (χ1v) is 11.0. The minimum absolute atomic E-state index is 0.165. The van der Waals surface area contributed by atoms with Gasteiger partial charge in [-0.05, 0) is 63.6 Å². The van der Waals surface area contributed by atoms with Crippen LogP contribution in [0.1, 0.15) is 59.3 Å². The summed E-state index contributed by atoms with van der Waals surface area (Å²) in [6.07, 6.45) is 7.22. The second-order valence-electron chi connectivity index (χ2n) is 8.57. The summed E-state index contributed by atoms with van der Waals surface area (Å²) < 4.78 is 11.6. The van der Waals surface area contributed by atoms with Crippen LogP contribution in [0.5, 0.6) is 0 Å². The zero-order chi connectivity index (χ0) is 22.1. The van der Waals surface area contributed by atoms with E-state index in [0.29, 0.717) is 35.7 Å². The molecule has 1 aliphatic rings. The van der Waals surface area contributed by atoms with E-state index in [9.17, 15) is 4.79 Å². The molecule has 1 N–H and O–H groups in total. The van der Waals surface area contributed by atoms with Crippen molar-refractivity contribution in [2.24, 2.45) is 5.92 Å². The average molecular weight is 431 g/mol. The monoisotopic (exact) mass is 431 g/mol. The quantitative estimate of drug-likeness (QED) is 0.492. The molecule has 0 saturated heterocycles. The molecule has 0 aliphatic heterocycles. The molecule has 32 heavy (non-hydrogen) atoms. The van der Waals surface area contributed by atoms with Crippen molar-refractivity contribution in [1.82, 2.24) is 25.5 Å². The molecule has 1 aliphatic carbocycles. The number of benzene rings is 1. The summed E-state index contributed by atoms with van der Waals surface area (Å²) in [5.41, 5.74) is 3.31. The van der Waals surface area contributed by atoms with Crippen LogP contribution in [0, 0.1) is 19.8 Å². The molecule has 8 heteroatoms. The predicted molar refractivity (Wildman–Crippen MR) is 118 cm³/mol. The van der Waals surface area contributed by atoms with Gasteiger partial charge in [-0.15, -0.1) is 10.2 Å². The third-order valence-corrected chi connectivity index (χ3v) is 6.08. The van der Waals surface area contributed by atoms with Gasteiger partial charge in [0.2, 0.25) is 5.89 Å². The second-order valence-corrected chi connectivity index (χ2v) is 8.57. The summed E-state index contributed by atoms with van der Waals surface area (Å²) in [5.74, 6) is 1.91. The third-order valence-electron chi connectivity index (χ3n) is 6.08. The number of aryl methyl sites for hydroxylation is 2. The highest BCUT2D eigenvalue weighted by atomic mass is 16.4. The summed E-state index contributed by atoms with van der Waals surface area (Å²) in [4.78, 5) is 21.1. The molecule has 1 amide bonds. The largest absolute Gasteiger partial charge is 0.451 e. The molecule has 0 spiro atoms. The highest BCUT2D eigenvalue weighted by molar-refractivity contribution is 5.96. The molecule has 164 valence electrons. The van der Waals surface area contributed by atoms with Gasteiger partial charge in [0.15, 0.2) is 5.76 Å². The molecule has 3 aromatic heterocycles. The number of amides is 1. The second kappa shape index (κ2) is 8.53. The van der Waals surface area contributed by atoms with E-state index >= 15 is 0 Å². The maximum Gasteiger partial charge on any atom is 0.287 e. The van der Waals surface area contributed by atoms with Crippen LogP contribution in [-0.4, -0.2) is 32.6 Å². The van der Waals surface area contributed by atoms with E-state index in [1.807, 2.05) is 32.0 Å². The number of carbonyl (C=O) groups is 1. The lowest BCUT2D eigenvalue weighted by atomic mass is 9.82. The Kier molecular flexibility index (Phi) is 5.43. The van der Waals surface area contributed by atoms with Crippen LogP contribution in [0.4, 0.5) is 0 Å². The van der Waals surface area contributed by atoms with Gasteiger partial charge in [0.25, 0.3) is 11.8 Å². The van der Waals surface area contributed by atoms with Gasteiger partial charge in [0.05, 0.1) is 11.9 Å². The van der Waals surface area contributed by atoms with Gasteiger partial charge < -0.3 is 14.2 Å². The first-order chi connectivity index (χ1) is 15.5. The molecule has 1 aromatic carbocycles. The number of fused-ring (bicyclic) bond motifs is 1. The maximum atomic E-state index is 12.5. The Bertz CT molecular complexity index is 1240. The molecule has 0 radical (unpaired) electrons. The fourth-order valence-corrected chi connectivity index (χ4v) is 4.22. The van der Waals surface area contributed by atoms with Crippen molar-refractivity contribution in [2.75, 3.05) is 6.54 Å². The van der Waals surface area contributed by atoms with Crippen LogP contribution in [0.15, 0.2) is 45.5 Å². The molecular weight excluding hydrogens is 406 g/mol. The molecule has 0 unspecified atom stereocenters. The number of aromatic nitrogens is 4. The van der Waals surface area contributed by atoms with Gasteiger partial charge in [0, 0.05) is 24.0 Å². The van der Waals surface area contributed by atoms with Crippen LogP contribution < -0.4 is 5.32 Å². The van der Waals surface area contributed by atoms with E-state index in [1.54, 1.807) is 18.5 Å². The van der Waals surface area contributed by atoms with Crippen molar-refractivity contribution < 1.29 is 13.6 Å². The molecule has 0 atom stereocenters. The molecule has 5 rings (SSSR count). The van der Waals surface area contributed by atoms with E-state index in [1.165, 1.54) is 0 Å². The van der Waals surface area contributed by atoms with Gasteiger partial charge >= 0.3 is 0 Å². The zero-order valence-corrected chi connectivity index (χ0v) is 18.2. The van der Waals surface area contributed by atoms with Crippen molar-refractivity contribution >= 4 is 16.9 Å². The summed E-state index contributed by atoms with van der Waals surface area (Å²) in [7, 11) is 0. The number of hydrogen-bond acceptors (Lipinski definition) is 7. The Hall–Kier alpha value is -3.55. The number of hydrogen-bond donors (Lipinski definition) is 1. The SMILES string of the molecule is Cc1ccc2oc(C(=O)NCC3CCC(c4nnc(-c5cnc(C)cn5)o4)CC3)cc2c1. The number of furan rings is 1. The minimum Gasteiger partial charge on any atom is -0.451 e. The van der Waals surface area contributed by atoms with Gasteiger partial charge in [-0.25, -0.2) is 4.98 Å². The summed E-state index contributed by atoms with van der Waals surface area (Å²) in [6, 6.07) is 7.70. The van der Waals surface area contributed by atoms with Crippen molar-refractivity contribution in [1.29, 1.82) is 0 Å². The Balaban J connectivity index is 1.14. The fraction of sp³-hybridized carbons (Fsp3) is 0.375. The van der Waals surface area contributed by atoms with E-state index < -0.39 is 0 Å². The molecule has 4 aromatic rings. The number of nitrogens with one attached hydrogen (secondary N) is 1. The number of rotatable bonds is 5. The maximum absolute atomic E-state index is 12.5. The van der Waals surface area contributed by atoms with Crippen molar-refractivity contribution in [3.63, 3.8) is 0 Å². The van der Waals surface area contributed by atoms with E-state index in [0.717, 1.165) is 47.9 Å². The predicted octanol–water partition coefficient (Wildman–Crippen LogP) is 4.59. The number of carbonyl (C=O) groups excluding carboxylic acids is 1. The first-order valence-electron chi connectivity index (χ1n) is 11.0. The number of nitrogens with zero attached hydrogens (tertiary/aromatic N) is 4. The van der Waals surface area contributed by atoms with Crippen LogP contribution in [0.3, 0.4) is 0 Å². The summed E-state index contributed by atoms with van der Waals surface area (Å²) >= 11 is 0. The lowest BCUT2D eigenvalue weighted by molar-refractivity contribution is 0.0916. The highest BCUT2D eigenvalue weighted by Gasteiger charge is 2.27. The molecule has 1 saturated carbocycles. The van der Waals surface area contributed by atoms with Gasteiger partial charge in [-0.3, -0.25) is 9.78 Å². The molecular formula is C24H25N5O3. The van der Waals surface area contributed by atoms with E-state index in [-0.39, 0.29) is 11.8 Å². The lowest BCUT2D eigenvalue weighted by Crippen LogP contribution is -2.30. The van der Waals surface area contributed by atoms with Crippen molar-refractivity contribution in [3.05, 3.63) is 59.6 Å². The van der Waals surface area contributed by atoms with E-state index in [4.69, 9.17) is 8.83 Å². The topological polar surface area (TPSA) is 107 Å². The standard InChI is InChI=1S/C24H25N5O3/c1-14-3-8-20-18(9-14)10-21(31-20)22(30)27-12-16-4-6-17(7-5-16)23-28-29-24(32-23)19-13-25-15(2)11-26-19/h3,8-11,13,16-17H,4-7,12H2,1-2H3,(H,27,30). The Labute approximate surface area is 185 Å². The molecule has 3 heterocycles. The average Bonchev–Trinajstić information content (AvgIpc) is 3.46. The van der Waals surface area contributed by atoms with Crippen molar-refractivity contribution in [3.8, 4) is 11.6 Å². The van der Waals surface area contributed by atoms with Gasteiger partial charge in [-0.1, -0.05) is 11.6 Å². The lowest BCUT2D eigenvalue weighted by Gasteiger charge is -2.26. The minimum atomic E-state index is -0.165. The zero-order valence-electron chi connectivity index (χ0n) is 18.2. The summed E-state index contributed by atoms with van der Waals surface area (Å²) in [6.45, 7) is 4.54. The van der Waals surface area contributed by atoms with E-state index in [2.05, 4.69) is 25.5 Å². The normalized spacial score (nSPS) is 18.7. The van der Waals surface area contributed by atoms with Crippen LogP contribution >= 0.6 is 0 Å². The Morgan fingerprint density at radius 2 is 1.88 bits per heavy atom. The highest BCUT2D eigenvalue weighted by Crippen LogP contribution is 2.35. The molecule has 0 bridgehead atoms. The van der Waals surface area contributed by atoms with Gasteiger partial charge in [-0.2, -0.15) is 0 Å². The molecule has 8 nitrogen and oxygen atoms in total.